The number of hydrogen-bond donors (Lipinski definition) is 2. The van der Waals surface area contributed by atoms with E-state index in [1.807, 2.05) is 33.0 Å². The first kappa shape index (κ1) is 17.1. The van der Waals surface area contributed by atoms with E-state index in [2.05, 4.69) is 26.1 Å². The number of phenolic OH excluding ortho intramolecular Hbond substituents is 1. The zero-order valence-electron chi connectivity index (χ0n) is 10.9. The summed E-state index contributed by atoms with van der Waals surface area (Å²) in [6.45, 7) is 8.46. The fraction of sp³-hybridized carbons (Fsp3) is 0.462. The smallest absolute Gasteiger partial charge is 0.115 e. The molecule has 0 atom stereocenters. The Bertz CT molecular complexity index is 262. The number of phenols is 1. The maximum absolute atomic E-state index is 9.02. The molecule has 0 spiro atoms. The number of hydrogen-bond acceptors (Lipinski definition) is 3. The van der Waals surface area contributed by atoms with E-state index in [1.165, 1.54) is 5.56 Å². The Kier molecular flexibility index (Phi) is 9.51. The van der Waals surface area contributed by atoms with Crippen LogP contribution in [-0.4, -0.2) is 26.0 Å². The number of benzene rings is 1. The monoisotopic (exact) mass is 225 g/mol. The van der Waals surface area contributed by atoms with Gasteiger partial charge in [-0.15, -0.1) is 0 Å². The van der Waals surface area contributed by atoms with Crippen LogP contribution >= 0.6 is 0 Å². The van der Waals surface area contributed by atoms with E-state index in [-0.39, 0.29) is 5.41 Å². The molecule has 0 aromatic heterocycles. The third-order valence-corrected chi connectivity index (χ3v) is 1.73. The first-order chi connectivity index (χ1) is 7.41. The number of rotatable bonds is 0. The molecule has 1 aromatic rings. The molecule has 0 aliphatic rings. The highest BCUT2D eigenvalue weighted by molar-refractivity contribution is 5.29. The Balaban J connectivity index is 0. The lowest BCUT2D eigenvalue weighted by Gasteiger charge is -2.18. The van der Waals surface area contributed by atoms with Crippen LogP contribution in [0.1, 0.15) is 26.3 Å². The molecule has 0 heterocycles. The number of carbonyl (C=O) groups is 1. The molecule has 0 radical (unpaired) electrons. The first-order valence-corrected chi connectivity index (χ1v) is 5.08. The second-order valence-corrected chi connectivity index (χ2v) is 4.30. The lowest BCUT2D eigenvalue weighted by atomic mass is 9.87. The summed E-state index contributed by atoms with van der Waals surface area (Å²) in [4.78, 5) is 8.00. The Morgan fingerprint density at radius 2 is 1.38 bits per heavy atom. The second-order valence-electron chi connectivity index (χ2n) is 4.30. The van der Waals surface area contributed by atoms with Gasteiger partial charge in [0.2, 0.25) is 0 Å². The van der Waals surface area contributed by atoms with Gasteiger partial charge in [-0.3, -0.25) is 0 Å². The molecule has 0 unspecified atom stereocenters. The van der Waals surface area contributed by atoms with E-state index in [0.717, 1.165) is 0 Å². The minimum Gasteiger partial charge on any atom is -0.508 e. The van der Waals surface area contributed by atoms with Crippen LogP contribution in [0.15, 0.2) is 24.3 Å². The van der Waals surface area contributed by atoms with Crippen LogP contribution in [0.2, 0.25) is 0 Å². The molecule has 16 heavy (non-hydrogen) atoms. The lowest BCUT2D eigenvalue weighted by Crippen LogP contribution is -2.10. The van der Waals surface area contributed by atoms with E-state index in [9.17, 15) is 0 Å². The fourth-order valence-electron chi connectivity index (χ4n) is 0.961. The van der Waals surface area contributed by atoms with Crippen LogP contribution in [0, 0.1) is 0 Å². The maximum atomic E-state index is 9.02. The molecule has 1 aromatic carbocycles. The van der Waals surface area contributed by atoms with Gasteiger partial charge < -0.3 is 15.2 Å². The molecule has 2 N–H and O–H groups in total. The van der Waals surface area contributed by atoms with Gasteiger partial charge in [-0.05, 0) is 37.2 Å². The third-order valence-electron chi connectivity index (χ3n) is 1.73. The minimum atomic E-state index is 0.174. The highest BCUT2D eigenvalue weighted by Crippen LogP contribution is 2.23. The van der Waals surface area contributed by atoms with Gasteiger partial charge in [-0.1, -0.05) is 32.9 Å². The predicted octanol–water partition coefficient (Wildman–Crippen LogP) is 2.34. The van der Waals surface area contributed by atoms with Crippen LogP contribution in [0.4, 0.5) is 0 Å². The van der Waals surface area contributed by atoms with Crippen molar-refractivity contribution < 1.29 is 9.90 Å². The normalized spacial score (nSPS) is 9.31. The van der Waals surface area contributed by atoms with Crippen molar-refractivity contribution in [3.63, 3.8) is 0 Å². The van der Waals surface area contributed by atoms with Crippen molar-refractivity contribution in [2.75, 3.05) is 14.1 Å². The predicted molar refractivity (Wildman–Crippen MR) is 68.9 cm³/mol. The van der Waals surface area contributed by atoms with Crippen LogP contribution in [-0.2, 0) is 10.2 Å². The SMILES string of the molecule is C=O.CC(C)(C)c1ccc(O)cc1.CNC. The van der Waals surface area contributed by atoms with E-state index in [1.54, 1.807) is 12.1 Å². The van der Waals surface area contributed by atoms with E-state index in [4.69, 9.17) is 9.90 Å². The number of nitrogens with one attached hydrogen (secondary N) is 1. The maximum Gasteiger partial charge on any atom is 0.115 e. The van der Waals surface area contributed by atoms with E-state index in [0.29, 0.717) is 5.75 Å². The van der Waals surface area contributed by atoms with Gasteiger partial charge in [0.05, 0.1) is 0 Å². The van der Waals surface area contributed by atoms with Crippen molar-refractivity contribution in [1.82, 2.24) is 5.32 Å². The summed E-state index contributed by atoms with van der Waals surface area (Å²) < 4.78 is 0. The molecule has 92 valence electrons. The van der Waals surface area contributed by atoms with E-state index >= 15 is 0 Å². The van der Waals surface area contributed by atoms with Crippen molar-refractivity contribution >= 4 is 6.79 Å². The summed E-state index contributed by atoms with van der Waals surface area (Å²) >= 11 is 0. The molecule has 0 saturated heterocycles. The summed E-state index contributed by atoms with van der Waals surface area (Å²) in [7, 11) is 3.75. The Labute approximate surface area is 98.5 Å². The molecule has 1 rings (SSSR count). The third kappa shape index (κ3) is 8.00. The number of carbonyl (C=O) groups excluding carboxylic acids is 1. The highest BCUT2D eigenvalue weighted by atomic mass is 16.3. The van der Waals surface area contributed by atoms with Crippen LogP contribution in [0.5, 0.6) is 5.75 Å². The molecule has 3 heteroatoms. The van der Waals surface area contributed by atoms with Crippen LogP contribution < -0.4 is 5.32 Å². The second kappa shape index (κ2) is 8.92. The summed E-state index contributed by atoms with van der Waals surface area (Å²) in [5.74, 6) is 0.331. The van der Waals surface area contributed by atoms with Crippen molar-refractivity contribution in [3.05, 3.63) is 29.8 Å². The van der Waals surface area contributed by atoms with E-state index < -0.39 is 0 Å². The molecule has 0 aliphatic carbocycles. The van der Waals surface area contributed by atoms with Crippen molar-refractivity contribution in [2.24, 2.45) is 0 Å². The molecule has 0 aliphatic heterocycles. The van der Waals surface area contributed by atoms with Gasteiger partial charge in [0.15, 0.2) is 0 Å². The number of aromatic hydroxyl groups is 1. The topological polar surface area (TPSA) is 49.3 Å². The van der Waals surface area contributed by atoms with Gasteiger partial charge in [-0.25, -0.2) is 0 Å². The molecular weight excluding hydrogens is 202 g/mol. The van der Waals surface area contributed by atoms with Gasteiger partial charge in [0.1, 0.15) is 12.5 Å². The minimum absolute atomic E-state index is 0.174. The molecule has 0 bridgehead atoms. The Morgan fingerprint density at radius 1 is 1.06 bits per heavy atom. The standard InChI is InChI=1S/C10H14O.C2H7N.CH2O/c1-10(2,3)8-4-6-9(11)7-5-8;1-3-2;1-2/h4-7,11H,1-3H3;3H,1-2H3;1H2. The molecule has 0 fully saturated rings. The zero-order valence-corrected chi connectivity index (χ0v) is 10.9. The van der Waals surface area contributed by atoms with Gasteiger partial charge in [0.25, 0.3) is 0 Å². The van der Waals surface area contributed by atoms with Crippen molar-refractivity contribution in [2.45, 2.75) is 26.2 Å². The summed E-state index contributed by atoms with van der Waals surface area (Å²) in [6, 6.07) is 7.35. The van der Waals surface area contributed by atoms with Crippen molar-refractivity contribution in [3.8, 4) is 5.75 Å². The average Bonchev–Trinajstić information content (AvgIpc) is 2.21. The fourth-order valence-corrected chi connectivity index (χ4v) is 0.961. The highest BCUT2D eigenvalue weighted by Gasteiger charge is 2.12. The largest absolute Gasteiger partial charge is 0.508 e. The summed E-state index contributed by atoms with van der Waals surface area (Å²) in [5.41, 5.74) is 1.42. The molecule has 0 amide bonds. The van der Waals surface area contributed by atoms with Crippen molar-refractivity contribution in [1.29, 1.82) is 0 Å². The average molecular weight is 225 g/mol. The van der Waals surface area contributed by atoms with Crippen LogP contribution in [0.3, 0.4) is 0 Å². The van der Waals surface area contributed by atoms with Gasteiger partial charge >= 0.3 is 0 Å². The zero-order chi connectivity index (χ0) is 13.2. The quantitative estimate of drug-likeness (QED) is 0.712. The summed E-state index contributed by atoms with van der Waals surface area (Å²) in [6.07, 6.45) is 0. The Hall–Kier alpha value is -1.35. The lowest BCUT2D eigenvalue weighted by molar-refractivity contribution is -0.0979. The van der Waals surface area contributed by atoms with Gasteiger partial charge in [-0.2, -0.15) is 0 Å². The van der Waals surface area contributed by atoms with Crippen LogP contribution in [0.25, 0.3) is 0 Å². The molecule has 3 nitrogen and oxygen atoms in total. The molecular formula is C13H23NO2. The molecule has 0 saturated carbocycles. The first-order valence-electron chi connectivity index (χ1n) is 5.08. The summed E-state index contributed by atoms with van der Waals surface area (Å²) in [5, 5.41) is 11.8. The Morgan fingerprint density at radius 3 is 1.62 bits per heavy atom. The van der Waals surface area contributed by atoms with Gasteiger partial charge in [0, 0.05) is 0 Å².